The van der Waals surface area contributed by atoms with Crippen molar-refractivity contribution in [2.45, 2.75) is 13.0 Å². The number of benzene rings is 1. The Morgan fingerprint density at radius 3 is 2.48 bits per heavy atom. The average molecular weight is 459 g/mol. The van der Waals surface area contributed by atoms with Crippen molar-refractivity contribution in [1.82, 2.24) is 15.2 Å². The Morgan fingerprint density at radius 1 is 1.21 bits per heavy atom. The molecule has 1 unspecified atom stereocenters. The van der Waals surface area contributed by atoms with Crippen LogP contribution in [0.4, 0.5) is 11.4 Å². The van der Waals surface area contributed by atoms with Gasteiger partial charge in [0.05, 0.1) is 15.6 Å². The maximum Gasteiger partial charge on any atom is 0.359 e. The summed E-state index contributed by atoms with van der Waals surface area (Å²) in [7, 11) is 0. The molecule has 2 N–H and O–H groups in total. The summed E-state index contributed by atoms with van der Waals surface area (Å²) in [6, 6.07) is 5.50. The number of carbonyl (C=O) groups excluding carboxylic acids is 1. The molecule has 0 aliphatic rings. The number of nitrogen functional groups attached to an aromatic ring is 1. The van der Waals surface area contributed by atoms with Crippen molar-refractivity contribution in [2.24, 2.45) is 0 Å². The minimum absolute atomic E-state index is 0.0177. The molecule has 0 fully saturated rings. The highest BCUT2D eigenvalue weighted by Gasteiger charge is 2.25. The largest absolute Gasteiger partial charge is 0.448 e. The third-order valence-electron chi connectivity index (χ3n) is 3.66. The summed E-state index contributed by atoms with van der Waals surface area (Å²) in [5.74, 6) is -0.855. The second kappa shape index (κ2) is 8.19. The summed E-state index contributed by atoms with van der Waals surface area (Å²) in [5.41, 5.74) is 5.63. The first kappa shape index (κ1) is 20.8. The number of nitrogens with two attached hydrogens (primary N) is 1. The van der Waals surface area contributed by atoms with E-state index in [1.165, 1.54) is 31.2 Å². The number of hydrogen-bond donors (Lipinski definition) is 1. The number of nitro benzene ring substituents is 1. The number of pyridine rings is 1. The van der Waals surface area contributed by atoms with Gasteiger partial charge in [-0.15, -0.1) is 10.2 Å². The highest BCUT2D eigenvalue weighted by atomic mass is 35.5. The van der Waals surface area contributed by atoms with E-state index in [0.29, 0.717) is 5.56 Å². The number of carbonyl (C=O) groups is 1. The summed E-state index contributed by atoms with van der Waals surface area (Å²) in [6.45, 7) is 1.49. The molecule has 150 valence electrons. The lowest BCUT2D eigenvalue weighted by atomic mass is 10.2. The van der Waals surface area contributed by atoms with E-state index in [2.05, 4.69) is 15.2 Å². The van der Waals surface area contributed by atoms with E-state index < -0.39 is 17.0 Å². The molecule has 1 atom stereocenters. The second-order valence-corrected chi connectivity index (χ2v) is 6.70. The summed E-state index contributed by atoms with van der Waals surface area (Å²) in [5, 5.41) is 17.9. The van der Waals surface area contributed by atoms with E-state index >= 15 is 0 Å². The number of nitrogens with zero attached hydrogens (tertiary/aromatic N) is 4. The molecular weight excluding hydrogens is 449 g/mol. The summed E-state index contributed by atoms with van der Waals surface area (Å²) < 4.78 is 10.7. The number of hydrogen-bond acceptors (Lipinski definition) is 9. The van der Waals surface area contributed by atoms with Crippen molar-refractivity contribution in [3.05, 3.63) is 61.2 Å². The standard InChI is InChI=1S/C16H10Cl3N5O5/c1-6(28-16(25)12-9(17)11(20)10(18)13(19)21-12)14-22-23-15(29-14)7-2-4-8(5-3-7)24(26)27/h2-6H,1H3,(H2,20,21). The van der Waals surface area contributed by atoms with Gasteiger partial charge in [0.15, 0.2) is 17.0 Å². The average Bonchev–Trinajstić information content (AvgIpc) is 3.19. The van der Waals surface area contributed by atoms with Crippen molar-refractivity contribution >= 4 is 52.1 Å². The molecule has 0 aliphatic carbocycles. The number of halogens is 3. The maximum absolute atomic E-state index is 12.4. The Kier molecular flexibility index (Phi) is 5.87. The molecule has 29 heavy (non-hydrogen) atoms. The van der Waals surface area contributed by atoms with Crippen LogP contribution in [0.1, 0.15) is 29.4 Å². The SMILES string of the molecule is CC(OC(=O)c1nc(Cl)c(Cl)c(N)c1Cl)c1nnc(-c2ccc([N+](=O)[O-])cc2)o1. The lowest BCUT2D eigenvalue weighted by Gasteiger charge is -2.11. The third kappa shape index (κ3) is 4.24. The van der Waals surface area contributed by atoms with Gasteiger partial charge in [-0.05, 0) is 19.1 Å². The molecule has 2 heterocycles. The van der Waals surface area contributed by atoms with Gasteiger partial charge in [0.25, 0.3) is 11.6 Å². The van der Waals surface area contributed by atoms with Crippen LogP contribution < -0.4 is 5.73 Å². The first-order chi connectivity index (χ1) is 13.7. The Morgan fingerprint density at radius 2 is 1.86 bits per heavy atom. The number of esters is 1. The zero-order valence-electron chi connectivity index (χ0n) is 14.4. The predicted molar refractivity (Wildman–Crippen MR) is 104 cm³/mol. The van der Waals surface area contributed by atoms with Crippen LogP contribution in [0.25, 0.3) is 11.5 Å². The van der Waals surface area contributed by atoms with E-state index in [0.717, 1.165) is 0 Å². The number of nitro groups is 1. The van der Waals surface area contributed by atoms with Gasteiger partial charge in [0, 0.05) is 17.7 Å². The zero-order chi connectivity index (χ0) is 21.3. The molecule has 0 amide bonds. The van der Waals surface area contributed by atoms with Crippen LogP contribution in [0.5, 0.6) is 0 Å². The number of ether oxygens (including phenoxy) is 1. The van der Waals surface area contributed by atoms with Gasteiger partial charge >= 0.3 is 5.97 Å². The zero-order valence-corrected chi connectivity index (χ0v) is 16.7. The van der Waals surface area contributed by atoms with Gasteiger partial charge in [-0.3, -0.25) is 10.1 Å². The molecule has 3 aromatic rings. The second-order valence-electron chi connectivity index (χ2n) is 5.59. The van der Waals surface area contributed by atoms with Crippen LogP contribution in [0, 0.1) is 10.1 Å². The molecule has 0 radical (unpaired) electrons. The molecule has 0 aliphatic heterocycles. The molecule has 3 rings (SSSR count). The Labute approximate surface area is 177 Å². The molecule has 2 aromatic heterocycles. The van der Waals surface area contributed by atoms with Crippen LogP contribution in [0.3, 0.4) is 0 Å². The third-order valence-corrected chi connectivity index (χ3v) is 4.80. The lowest BCUT2D eigenvalue weighted by Crippen LogP contribution is -2.13. The first-order valence-electron chi connectivity index (χ1n) is 7.78. The van der Waals surface area contributed by atoms with E-state index in [1.807, 2.05) is 0 Å². The minimum Gasteiger partial charge on any atom is -0.448 e. The van der Waals surface area contributed by atoms with Gasteiger partial charge in [-0.2, -0.15) is 0 Å². The van der Waals surface area contributed by atoms with Gasteiger partial charge in [0.2, 0.25) is 5.89 Å². The van der Waals surface area contributed by atoms with Gasteiger partial charge in [-0.25, -0.2) is 9.78 Å². The topological polar surface area (TPSA) is 147 Å². The molecule has 1 aromatic carbocycles. The molecule has 0 bridgehead atoms. The van der Waals surface area contributed by atoms with Gasteiger partial charge in [-0.1, -0.05) is 34.8 Å². The maximum atomic E-state index is 12.4. The predicted octanol–water partition coefficient (Wildman–Crippen LogP) is 4.50. The summed E-state index contributed by atoms with van der Waals surface area (Å²) in [6.07, 6.45) is -0.963. The minimum atomic E-state index is -0.963. The number of rotatable bonds is 5. The normalized spacial score (nSPS) is 11.9. The molecule has 13 heteroatoms. The molecular formula is C16H10Cl3N5O5. The fraction of sp³-hybridized carbons (Fsp3) is 0.125. The van der Waals surface area contributed by atoms with Crippen LogP contribution in [0.2, 0.25) is 15.2 Å². The van der Waals surface area contributed by atoms with E-state index in [1.54, 1.807) is 0 Å². The van der Waals surface area contributed by atoms with E-state index in [4.69, 9.17) is 49.7 Å². The van der Waals surface area contributed by atoms with Crippen LogP contribution in [-0.4, -0.2) is 26.1 Å². The highest BCUT2D eigenvalue weighted by Crippen LogP contribution is 2.35. The van der Waals surface area contributed by atoms with E-state index in [9.17, 15) is 14.9 Å². The fourth-order valence-electron chi connectivity index (χ4n) is 2.17. The molecule has 10 nitrogen and oxygen atoms in total. The molecule has 0 saturated carbocycles. The molecule has 0 saturated heterocycles. The summed E-state index contributed by atoms with van der Waals surface area (Å²) >= 11 is 17.6. The van der Waals surface area contributed by atoms with Crippen molar-refractivity contribution in [3.63, 3.8) is 0 Å². The van der Waals surface area contributed by atoms with E-state index in [-0.39, 0.29) is 44.0 Å². The number of non-ortho nitro benzene ring substituents is 1. The number of anilines is 1. The quantitative estimate of drug-likeness (QED) is 0.252. The lowest BCUT2D eigenvalue weighted by molar-refractivity contribution is -0.384. The molecule has 0 spiro atoms. The Balaban J connectivity index is 1.78. The first-order valence-corrected chi connectivity index (χ1v) is 8.91. The van der Waals surface area contributed by atoms with Crippen LogP contribution >= 0.6 is 34.8 Å². The van der Waals surface area contributed by atoms with Crippen molar-refractivity contribution < 1.29 is 18.9 Å². The smallest absolute Gasteiger partial charge is 0.359 e. The number of aromatic nitrogens is 3. The van der Waals surface area contributed by atoms with Crippen molar-refractivity contribution in [3.8, 4) is 11.5 Å². The van der Waals surface area contributed by atoms with Crippen LogP contribution in [-0.2, 0) is 4.74 Å². The summed E-state index contributed by atoms with van der Waals surface area (Å²) in [4.78, 5) is 26.3. The van der Waals surface area contributed by atoms with Crippen LogP contribution in [0.15, 0.2) is 28.7 Å². The fourth-order valence-corrected chi connectivity index (χ4v) is 2.76. The van der Waals surface area contributed by atoms with Gasteiger partial charge in [0.1, 0.15) is 5.02 Å². The Hall–Kier alpha value is -2.95. The highest BCUT2D eigenvalue weighted by molar-refractivity contribution is 6.46. The van der Waals surface area contributed by atoms with Gasteiger partial charge < -0.3 is 14.9 Å². The van der Waals surface area contributed by atoms with Crippen molar-refractivity contribution in [1.29, 1.82) is 0 Å². The monoisotopic (exact) mass is 457 g/mol. The Bertz CT molecular complexity index is 1100. The van der Waals surface area contributed by atoms with Crippen molar-refractivity contribution in [2.75, 3.05) is 5.73 Å².